The van der Waals surface area contributed by atoms with Crippen molar-refractivity contribution in [3.8, 4) is 0 Å². The van der Waals surface area contributed by atoms with Gasteiger partial charge in [-0.05, 0) is 37.3 Å². The molecule has 0 spiro atoms. The predicted molar refractivity (Wildman–Crippen MR) is 63.1 cm³/mol. The van der Waals surface area contributed by atoms with E-state index in [1.54, 1.807) is 10.4 Å². The van der Waals surface area contributed by atoms with Crippen LogP contribution in [0.1, 0.15) is 54.3 Å². The van der Waals surface area contributed by atoms with E-state index in [4.69, 9.17) is 5.73 Å². The standard InChI is InChI=1S/C12H19NS/c1-7(2)11-6-9-4-5-10(8(3)13)12(9)14-11/h6-8,10H,4-5,13H2,1-3H3. The number of nitrogens with two attached hydrogens (primary N) is 1. The van der Waals surface area contributed by atoms with Gasteiger partial charge in [0.25, 0.3) is 0 Å². The van der Waals surface area contributed by atoms with E-state index in [1.165, 1.54) is 17.7 Å². The molecule has 14 heavy (non-hydrogen) atoms. The fourth-order valence-electron chi connectivity index (χ4n) is 2.20. The van der Waals surface area contributed by atoms with Crippen LogP contribution in [-0.2, 0) is 6.42 Å². The lowest BCUT2D eigenvalue weighted by Crippen LogP contribution is -2.22. The van der Waals surface area contributed by atoms with Gasteiger partial charge in [0.2, 0.25) is 0 Å². The zero-order chi connectivity index (χ0) is 10.3. The minimum absolute atomic E-state index is 0.315. The molecule has 1 nitrogen and oxygen atoms in total. The average molecular weight is 209 g/mol. The van der Waals surface area contributed by atoms with Crippen LogP contribution in [0.3, 0.4) is 0 Å². The van der Waals surface area contributed by atoms with Gasteiger partial charge in [0.1, 0.15) is 0 Å². The van der Waals surface area contributed by atoms with E-state index >= 15 is 0 Å². The fraction of sp³-hybridized carbons (Fsp3) is 0.667. The minimum atomic E-state index is 0.315. The summed E-state index contributed by atoms with van der Waals surface area (Å²) in [5.41, 5.74) is 7.57. The molecule has 0 saturated heterocycles. The van der Waals surface area contributed by atoms with Crippen LogP contribution in [-0.4, -0.2) is 6.04 Å². The topological polar surface area (TPSA) is 26.0 Å². The molecule has 2 rings (SSSR count). The van der Waals surface area contributed by atoms with Crippen LogP contribution < -0.4 is 5.73 Å². The Labute approximate surface area is 90.3 Å². The summed E-state index contributed by atoms with van der Waals surface area (Å²) in [4.78, 5) is 3.10. The Kier molecular flexibility index (Phi) is 2.67. The van der Waals surface area contributed by atoms with Gasteiger partial charge in [0, 0.05) is 21.7 Å². The molecular formula is C12H19NS. The SMILES string of the molecule is CC(C)c1cc2c(s1)C(C(C)N)CC2. The van der Waals surface area contributed by atoms with Gasteiger partial charge in [-0.2, -0.15) is 0 Å². The number of rotatable bonds is 2. The van der Waals surface area contributed by atoms with Crippen molar-refractivity contribution in [3.63, 3.8) is 0 Å². The summed E-state index contributed by atoms with van der Waals surface area (Å²) in [6, 6.07) is 2.71. The number of hydrogen-bond donors (Lipinski definition) is 1. The lowest BCUT2D eigenvalue weighted by molar-refractivity contribution is 0.570. The molecule has 0 radical (unpaired) electrons. The number of thiophene rings is 1. The first-order valence-electron chi connectivity index (χ1n) is 5.47. The number of fused-ring (bicyclic) bond motifs is 1. The summed E-state index contributed by atoms with van der Waals surface area (Å²) in [5.74, 6) is 1.29. The molecule has 2 heteroatoms. The maximum absolute atomic E-state index is 6.00. The molecule has 1 aliphatic rings. The molecule has 1 heterocycles. The lowest BCUT2D eigenvalue weighted by atomic mass is 10.0. The van der Waals surface area contributed by atoms with Gasteiger partial charge in [-0.3, -0.25) is 0 Å². The van der Waals surface area contributed by atoms with E-state index in [0.717, 1.165) is 0 Å². The van der Waals surface area contributed by atoms with Gasteiger partial charge in [0.15, 0.2) is 0 Å². The first-order chi connectivity index (χ1) is 6.59. The Balaban J connectivity index is 2.30. The summed E-state index contributed by atoms with van der Waals surface area (Å²) in [6.45, 7) is 6.66. The van der Waals surface area contributed by atoms with Crippen molar-refractivity contribution in [3.05, 3.63) is 21.4 Å². The van der Waals surface area contributed by atoms with Gasteiger partial charge < -0.3 is 5.73 Å². The first-order valence-corrected chi connectivity index (χ1v) is 6.29. The molecule has 1 aromatic heterocycles. The smallest absolute Gasteiger partial charge is 0.0127 e. The molecule has 2 N–H and O–H groups in total. The van der Waals surface area contributed by atoms with E-state index in [-0.39, 0.29) is 0 Å². The third-order valence-corrected chi connectivity index (χ3v) is 4.74. The summed E-state index contributed by atoms with van der Waals surface area (Å²) in [5, 5.41) is 0. The zero-order valence-electron chi connectivity index (χ0n) is 9.21. The Morgan fingerprint density at radius 2 is 2.14 bits per heavy atom. The van der Waals surface area contributed by atoms with Gasteiger partial charge in [-0.25, -0.2) is 0 Å². The molecule has 2 unspecified atom stereocenters. The Hall–Kier alpha value is -0.340. The molecule has 78 valence electrons. The highest BCUT2D eigenvalue weighted by Crippen LogP contribution is 2.42. The predicted octanol–water partition coefficient (Wildman–Crippen LogP) is 3.25. The molecule has 1 aliphatic carbocycles. The van der Waals surface area contributed by atoms with Crippen LogP contribution >= 0.6 is 11.3 Å². The van der Waals surface area contributed by atoms with Crippen LogP contribution in [0, 0.1) is 0 Å². The number of aryl methyl sites for hydroxylation is 1. The second kappa shape index (κ2) is 3.67. The molecule has 0 saturated carbocycles. The van der Waals surface area contributed by atoms with Crippen LogP contribution in [0.15, 0.2) is 6.07 Å². The second-order valence-electron chi connectivity index (χ2n) is 4.70. The van der Waals surface area contributed by atoms with Crippen LogP contribution in [0.5, 0.6) is 0 Å². The normalized spacial score (nSPS) is 22.8. The van der Waals surface area contributed by atoms with Crippen molar-refractivity contribution < 1.29 is 0 Å². The third-order valence-electron chi connectivity index (χ3n) is 3.13. The molecule has 0 fully saturated rings. The highest BCUT2D eigenvalue weighted by molar-refractivity contribution is 7.12. The molecule has 0 amide bonds. The Bertz CT molecular complexity index is 325. The van der Waals surface area contributed by atoms with E-state index < -0.39 is 0 Å². The molecule has 2 atom stereocenters. The third kappa shape index (κ3) is 1.61. The summed E-state index contributed by atoms with van der Waals surface area (Å²) >= 11 is 1.99. The van der Waals surface area contributed by atoms with E-state index in [2.05, 4.69) is 26.8 Å². The van der Waals surface area contributed by atoms with Crippen molar-refractivity contribution >= 4 is 11.3 Å². The highest BCUT2D eigenvalue weighted by Gasteiger charge is 2.28. The average Bonchev–Trinajstić information content (AvgIpc) is 2.58. The maximum atomic E-state index is 6.00. The summed E-state index contributed by atoms with van der Waals surface area (Å²) < 4.78 is 0. The Morgan fingerprint density at radius 1 is 1.43 bits per heavy atom. The molecule has 0 aromatic carbocycles. The quantitative estimate of drug-likeness (QED) is 0.795. The molecule has 1 aromatic rings. The van der Waals surface area contributed by atoms with Gasteiger partial charge >= 0.3 is 0 Å². The van der Waals surface area contributed by atoms with Gasteiger partial charge in [-0.15, -0.1) is 11.3 Å². The molecule has 0 aliphatic heterocycles. The van der Waals surface area contributed by atoms with Crippen LogP contribution in [0.2, 0.25) is 0 Å². The molecular weight excluding hydrogens is 190 g/mol. The van der Waals surface area contributed by atoms with Crippen LogP contribution in [0.4, 0.5) is 0 Å². The summed E-state index contributed by atoms with van der Waals surface area (Å²) in [6.07, 6.45) is 2.50. The highest BCUT2D eigenvalue weighted by atomic mass is 32.1. The maximum Gasteiger partial charge on any atom is 0.0127 e. The Morgan fingerprint density at radius 3 is 2.71 bits per heavy atom. The second-order valence-corrected chi connectivity index (χ2v) is 5.81. The number of hydrogen-bond acceptors (Lipinski definition) is 2. The van der Waals surface area contributed by atoms with E-state index in [9.17, 15) is 0 Å². The van der Waals surface area contributed by atoms with Crippen molar-refractivity contribution in [1.29, 1.82) is 0 Å². The van der Waals surface area contributed by atoms with Crippen molar-refractivity contribution in [2.45, 2.75) is 51.5 Å². The lowest BCUT2D eigenvalue weighted by Gasteiger charge is -2.13. The van der Waals surface area contributed by atoms with E-state index in [1.807, 2.05) is 11.3 Å². The van der Waals surface area contributed by atoms with Gasteiger partial charge in [0.05, 0.1) is 0 Å². The van der Waals surface area contributed by atoms with Crippen LogP contribution in [0.25, 0.3) is 0 Å². The van der Waals surface area contributed by atoms with E-state index in [0.29, 0.717) is 17.9 Å². The van der Waals surface area contributed by atoms with Gasteiger partial charge in [-0.1, -0.05) is 13.8 Å². The monoisotopic (exact) mass is 209 g/mol. The van der Waals surface area contributed by atoms with Crippen molar-refractivity contribution in [2.75, 3.05) is 0 Å². The van der Waals surface area contributed by atoms with Crippen molar-refractivity contribution in [1.82, 2.24) is 0 Å². The minimum Gasteiger partial charge on any atom is -0.327 e. The molecule has 0 bridgehead atoms. The first kappa shape index (κ1) is 10.2. The van der Waals surface area contributed by atoms with Crippen molar-refractivity contribution in [2.24, 2.45) is 5.73 Å². The fourth-order valence-corrected chi connectivity index (χ4v) is 3.67. The summed E-state index contributed by atoms with van der Waals surface area (Å²) in [7, 11) is 0. The zero-order valence-corrected chi connectivity index (χ0v) is 10.0. The largest absolute Gasteiger partial charge is 0.327 e.